The van der Waals surface area contributed by atoms with E-state index in [0.29, 0.717) is 6.54 Å². The van der Waals surface area contributed by atoms with Gasteiger partial charge in [0.1, 0.15) is 5.69 Å². The van der Waals surface area contributed by atoms with Gasteiger partial charge in [0.05, 0.1) is 6.54 Å². The zero-order valence-corrected chi connectivity index (χ0v) is 11.9. The number of rotatable bonds is 4. The van der Waals surface area contributed by atoms with E-state index in [4.69, 9.17) is 5.73 Å². The van der Waals surface area contributed by atoms with Crippen molar-refractivity contribution in [2.75, 3.05) is 5.73 Å². The first-order valence-electron chi connectivity index (χ1n) is 6.24. The first-order chi connectivity index (χ1) is 9.06. The number of aromatic nitrogens is 2. The van der Waals surface area contributed by atoms with Gasteiger partial charge in [-0.2, -0.15) is 0 Å². The summed E-state index contributed by atoms with van der Waals surface area (Å²) < 4.78 is 2.65. The van der Waals surface area contributed by atoms with Crippen LogP contribution in [-0.2, 0) is 19.5 Å². The highest BCUT2D eigenvalue weighted by atomic mass is 32.1. The van der Waals surface area contributed by atoms with Crippen molar-refractivity contribution < 1.29 is 0 Å². The fraction of sp³-hybridized carbons (Fsp3) is 0.385. The summed E-state index contributed by atoms with van der Waals surface area (Å²) in [5, 5.41) is 0. The Hall–Kier alpha value is -1.82. The Balaban J connectivity index is 2.47. The molecule has 6 heteroatoms. The van der Waals surface area contributed by atoms with Crippen LogP contribution in [0.1, 0.15) is 23.6 Å². The average Bonchev–Trinajstić information content (AvgIpc) is 2.86. The summed E-state index contributed by atoms with van der Waals surface area (Å²) in [7, 11) is 0. The van der Waals surface area contributed by atoms with Gasteiger partial charge in [-0.05, 0) is 25.5 Å². The van der Waals surface area contributed by atoms with Gasteiger partial charge in [-0.3, -0.25) is 13.9 Å². The molecule has 2 N–H and O–H groups in total. The monoisotopic (exact) mass is 279 g/mol. The molecular weight excluding hydrogens is 262 g/mol. The molecule has 102 valence electrons. The molecule has 0 aliphatic heterocycles. The number of thiophene rings is 1. The van der Waals surface area contributed by atoms with Crippen LogP contribution in [-0.4, -0.2) is 9.13 Å². The van der Waals surface area contributed by atoms with Gasteiger partial charge >= 0.3 is 5.69 Å². The zero-order valence-electron chi connectivity index (χ0n) is 11.0. The van der Waals surface area contributed by atoms with Gasteiger partial charge < -0.3 is 5.73 Å². The molecule has 5 nitrogen and oxygen atoms in total. The van der Waals surface area contributed by atoms with Crippen molar-refractivity contribution in [1.29, 1.82) is 0 Å². The smallest absolute Gasteiger partial charge is 0.331 e. The molecule has 0 aliphatic carbocycles. The lowest BCUT2D eigenvalue weighted by Gasteiger charge is -2.08. The summed E-state index contributed by atoms with van der Waals surface area (Å²) in [5.74, 6) is 0. The fourth-order valence-corrected chi connectivity index (χ4v) is 2.84. The van der Waals surface area contributed by atoms with E-state index in [9.17, 15) is 9.59 Å². The van der Waals surface area contributed by atoms with E-state index in [1.165, 1.54) is 20.2 Å². The topological polar surface area (TPSA) is 70.0 Å². The lowest BCUT2D eigenvalue weighted by molar-refractivity contribution is 0.606. The number of nitrogens with two attached hydrogens (primary N) is 1. The maximum Gasteiger partial charge on any atom is 0.331 e. The molecule has 2 aromatic rings. The lowest BCUT2D eigenvalue weighted by Crippen LogP contribution is -2.40. The van der Waals surface area contributed by atoms with Crippen LogP contribution in [0.25, 0.3) is 0 Å². The van der Waals surface area contributed by atoms with Crippen molar-refractivity contribution >= 4 is 17.0 Å². The predicted octanol–water partition coefficient (Wildman–Crippen LogP) is 1.28. The fourth-order valence-electron chi connectivity index (χ4n) is 1.90. The molecule has 0 fully saturated rings. The van der Waals surface area contributed by atoms with Gasteiger partial charge in [0.15, 0.2) is 0 Å². The Bertz CT molecular complexity index is 697. The SMILES string of the molecule is CCc1ccc(Cn2c(=O)c(N)cn(CC)c2=O)s1. The highest BCUT2D eigenvalue weighted by molar-refractivity contribution is 7.11. The van der Waals surface area contributed by atoms with Crippen LogP contribution in [0.15, 0.2) is 27.9 Å². The summed E-state index contributed by atoms with van der Waals surface area (Å²) >= 11 is 1.62. The number of nitrogen functional groups attached to an aromatic ring is 1. The maximum atomic E-state index is 12.1. The Labute approximate surface area is 114 Å². The van der Waals surface area contributed by atoms with Crippen LogP contribution in [0.4, 0.5) is 5.69 Å². The molecule has 0 radical (unpaired) electrons. The quantitative estimate of drug-likeness (QED) is 0.916. The molecule has 2 heterocycles. The molecule has 0 unspecified atom stereocenters. The molecule has 19 heavy (non-hydrogen) atoms. The second kappa shape index (κ2) is 5.44. The summed E-state index contributed by atoms with van der Waals surface area (Å²) in [5.41, 5.74) is 5.04. The van der Waals surface area contributed by atoms with Gasteiger partial charge in [-0.1, -0.05) is 6.92 Å². The van der Waals surface area contributed by atoms with Gasteiger partial charge in [0.2, 0.25) is 0 Å². The van der Waals surface area contributed by atoms with Crippen LogP contribution in [0, 0.1) is 0 Å². The molecule has 2 aromatic heterocycles. The van der Waals surface area contributed by atoms with Crippen LogP contribution in [0.2, 0.25) is 0 Å². The minimum absolute atomic E-state index is 0.105. The third-order valence-corrected chi connectivity index (χ3v) is 4.20. The third kappa shape index (κ3) is 2.63. The molecule has 0 spiro atoms. The molecule has 0 aromatic carbocycles. The molecule has 0 bridgehead atoms. The van der Waals surface area contributed by atoms with Crippen LogP contribution < -0.4 is 17.0 Å². The van der Waals surface area contributed by atoms with Gasteiger partial charge in [0.25, 0.3) is 5.56 Å². The van der Waals surface area contributed by atoms with Crippen molar-refractivity contribution in [2.24, 2.45) is 0 Å². The van der Waals surface area contributed by atoms with Gasteiger partial charge in [-0.15, -0.1) is 11.3 Å². The largest absolute Gasteiger partial charge is 0.393 e. The van der Waals surface area contributed by atoms with Crippen LogP contribution >= 0.6 is 11.3 Å². The van der Waals surface area contributed by atoms with Gasteiger partial charge in [0, 0.05) is 22.5 Å². The van der Waals surface area contributed by atoms with Gasteiger partial charge in [-0.25, -0.2) is 4.79 Å². The van der Waals surface area contributed by atoms with Crippen molar-refractivity contribution in [2.45, 2.75) is 33.4 Å². The first kappa shape index (κ1) is 13.6. The minimum atomic E-state index is -0.416. The van der Waals surface area contributed by atoms with Crippen molar-refractivity contribution in [3.63, 3.8) is 0 Å². The van der Waals surface area contributed by atoms with Crippen molar-refractivity contribution in [3.8, 4) is 0 Å². The van der Waals surface area contributed by atoms with Crippen LogP contribution in [0.5, 0.6) is 0 Å². The normalized spacial score (nSPS) is 10.8. The molecule has 0 saturated carbocycles. The first-order valence-corrected chi connectivity index (χ1v) is 7.05. The molecule has 0 amide bonds. The lowest BCUT2D eigenvalue weighted by atomic mass is 10.3. The number of aryl methyl sites for hydroxylation is 2. The summed E-state index contributed by atoms with van der Waals surface area (Å²) in [6, 6.07) is 3.98. The van der Waals surface area contributed by atoms with E-state index in [1.54, 1.807) is 11.3 Å². The van der Waals surface area contributed by atoms with E-state index in [2.05, 4.69) is 6.92 Å². The molecule has 0 saturated heterocycles. The predicted molar refractivity (Wildman–Crippen MR) is 77.8 cm³/mol. The molecule has 0 aliphatic rings. The van der Waals surface area contributed by atoms with Crippen molar-refractivity contribution in [3.05, 3.63) is 48.9 Å². The average molecular weight is 279 g/mol. The summed E-state index contributed by atoms with van der Waals surface area (Å²) in [6.07, 6.45) is 2.36. The summed E-state index contributed by atoms with van der Waals surface area (Å²) in [4.78, 5) is 26.3. The molecule has 2 rings (SSSR count). The van der Waals surface area contributed by atoms with E-state index < -0.39 is 5.56 Å². The Morgan fingerprint density at radius 3 is 2.47 bits per heavy atom. The highest BCUT2D eigenvalue weighted by Crippen LogP contribution is 2.17. The van der Waals surface area contributed by atoms with E-state index in [0.717, 1.165) is 11.3 Å². The molecular formula is C13H17N3O2S. The summed E-state index contributed by atoms with van der Waals surface area (Å²) in [6.45, 7) is 4.70. The van der Waals surface area contributed by atoms with Crippen molar-refractivity contribution in [1.82, 2.24) is 9.13 Å². The number of hydrogen-bond donors (Lipinski definition) is 1. The second-order valence-corrected chi connectivity index (χ2v) is 5.52. The molecule has 0 atom stereocenters. The van der Waals surface area contributed by atoms with E-state index in [-0.39, 0.29) is 17.9 Å². The zero-order chi connectivity index (χ0) is 14.0. The minimum Gasteiger partial charge on any atom is -0.393 e. The highest BCUT2D eigenvalue weighted by Gasteiger charge is 2.10. The number of anilines is 1. The maximum absolute atomic E-state index is 12.1. The number of nitrogens with zero attached hydrogens (tertiary/aromatic N) is 2. The van der Waals surface area contributed by atoms with E-state index in [1.807, 2.05) is 19.1 Å². The van der Waals surface area contributed by atoms with Crippen LogP contribution in [0.3, 0.4) is 0 Å². The Morgan fingerprint density at radius 1 is 1.21 bits per heavy atom. The second-order valence-electron chi connectivity index (χ2n) is 4.27. The standard InChI is InChI=1S/C13H17N3O2S/c1-3-9-5-6-10(19-9)7-16-12(17)11(14)8-15(4-2)13(16)18/h5-6,8H,3-4,7,14H2,1-2H3. The van der Waals surface area contributed by atoms with E-state index >= 15 is 0 Å². The Kier molecular flexibility index (Phi) is 3.90. The Morgan fingerprint density at radius 2 is 1.89 bits per heavy atom. The third-order valence-electron chi connectivity index (χ3n) is 2.98. The number of hydrogen-bond acceptors (Lipinski definition) is 4.